The first-order valence-electron chi connectivity index (χ1n) is 12.1. The van der Waals surface area contributed by atoms with Gasteiger partial charge in [-0.1, -0.05) is 18.2 Å². The number of likely N-dealkylation sites (tertiary alicyclic amines) is 1. The Morgan fingerprint density at radius 3 is 2.58 bits per heavy atom. The Hall–Kier alpha value is -4.06. The number of nitrogens with two attached hydrogens (primary N) is 1. The van der Waals surface area contributed by atoms with Gasteiger partial charge in [0.05, 0.1) is 6.04 Å². The van der Waals surface area contributed by atoms with Crippen LogP contribution in [-0.4, -0.2) is 44.4 Å². The van der Waals surface area contributed by atoms with Crippen molar-refractivity contribution in [3.05, 3.63) is 54.2 Å². The van der Waals surface area contributed by atoms with Crippen LogP contribution in [-0.2, 0) is 4.74 Å². The third-order valence-corrected chi connectivity index (χ3v) is 6.81. The van der Waals surface area contributed by atoms with E-state index in [9.17, 15) is 10.1 Å². The zero-order valence-corrected chi connectivity index (χ0v) is 20.8. The molecule has 2 fully saturated rings. The molecule has 1 spiro atoms. The van der Waals surface area contributed by atoms with E-state index in [4.69, 9.17) is 20.3 Å². The lowest BCUT2D eigenvalue weighted by Crippen LogP contribution is -2.43. The van der Waals surface area contributed by atoms with E-state index in [0.717, 1.165) is 19.3 Å². The van der Waals surface area contributed by atoms with E-state index in [2.05, 4.69) is 11.1 Å². The number of ether oxygens (including phenoxy) is 2. The molecule has 3 heterocycles. The molecule has 1 aliphatic carbocycles. The molecule has 5 rings (SSSR count). The van der Waals surface area contributed by atoms with Crippen LogP contribution in [0.4, 0.5) is 10.6 Å². The summed E-state index contributed by atoms with van der Waals surface area (Å²) in [5.74, 6) is 1.51. The van der Waals surface area contributed by atoms with Crippen molar-refractivity contribution in [3.8, 4) is 29.0 Å². The Bertz CT molecular complexity index is 1300. The van der Waals surface area contributed by atoms with E-state index in [1.807, 2.05) is 57.2 Å². The number of pyridine rings is 1. The van der Waals surface area contributed by atoms with Crippen LogP contribution in [0.1, 0.15) is 51.6 Å². The number of amides is 1. The van der Waals surface area contributed by atoms with Gasteiger partial charge < -0.3 is 20.1 Å². The van der Waals surface area contributed by atoms with E-state index in [1.165, 1.54) is 0 Å². The normalized spacial score (nSPS) is 21.2. The molecule has 9 heteroatoms. The number of rotatable bonds is 4. The van der Waals surface area contributed by atoms with Gasteiger partial charge in [-0.3, -0.25) is 0 Å². The highest BCUT2D eigenvalue weighted by atomic mass is 16.6. The average molecular weight is 487 g/mol. The highest BCUT2D eigenvalue weighted by Gasteiger charge is 2.51. The van der Waals surface area contributed by atoms with Crippen molar-refractivity contribution in [2.24, 2.45) is 5.41 Å². The number of aromatic nitrogens is 3. The molecule has 2 aromatic heterocycles. The number of anilines is 1. The van der Waals surface area contributed by atoms with Crippen LogP contribution in [0.25, 0.3) is 11.3 Å². The zero-order chi connectivity index (χ0) is 25.5. The Morgan fingerprint density at radius 1 is 1.19 bits per heavy atom. The molecule has 2 N–H and O–H groups in total. The van der Waals surface area contributed by atoms with Crippen LogP contribution in [0.15, 0.2) is 48.7 Å². The molecule has 186 valence electrons. The molecule has 9 nitrogen and oxygen atoms in total. The molecule has 2 aliphatic rings. The van der Waals surface area contributed by atoms with E-state index in [-0.39, 0.29) is 17.6 Å². The third-order valence-electron chi connectivity index (χ3n) is 6.81. The summed E-state index contributed by atoms with van der Waals surface area (Å²) >= 11 is 0. The zero-order valence-electron chi connectivity index (χ0n) is 20.8. The lowest BCUT2D eigenvalue weighted by molar-refractivity contribution is 0.0188. The van der Waals surface area contributed by atoms with Crippen LogP contribution in [0.3, 0.4) is 0 Å². The summed E-state index contributed by atoms with van der Waals surface area (Å²) in [7, 11) is 0. The summed E-state index contributed by atoms with van der Waals surface area (Å²) in [4.78, 5) is 18.7. The van der Waals surface area contributed by atoms with Crippen molar-refractivity contribution in [1.82, 2.24) is 19.7 Å². The summed E-state index contributed by atoms with van der Waals surface area (Å²) in [5.41, 5.74) is 7.46. The second-order valence-corrected chi connectivity index (χ2v) is 10.7. The molecule has 1 aromatic carbocycles. The monoisotopic (exact) mass is 486 g/mol. The van der Waals surface area contributed by atoms with Gasteiger partial charge >= 0.3 is 6.09 Å². The molecular weight excluding hydrogens is 456 g/mol. The van der Waals surface area contributed by atoms with Crippen LogP contribution in [0.2, 0.25) is 0 Å². The number of nitrogens with zero attached hydrogens (tertiary/aromatic N) is 5. The van der Waals surface area contributed by atoms with Gasteiger partial charge in [-0.25, -0.2) is 14.5 Å². The van der Waals surface area contributed by atoms with E-state index < -0.39 is 5.60 Å². The fraction of sp³-hybridized carbons (Fsp3) is 0.407. The number of nitrogen functional groups attached to an aromatic ring is 1. The first-order valence-corrected chi connectivity index (χ1v) is 12.1. The summed E-state index contributed by atoms with van der Waals surface area (Å²) in [6, 6.07) is 15.3. The number of carbonyl (C=O) groups excluding carboxylic acids is 1. The lowest BCUT2D eigenvalue weighted by Gasteiger charge is -2.45. The van der Waals surface area contributed by atoms with Gasteiger partial charge in [-0.2, -0.15) is 10.4 Å². The van der Waals surface area contributed by atoms with Gasteiger partial charge in [-0.05, 0) is 63.6 Å². The number of benzene rings is 1. The predicted octanol–water partition coefficient (Wildman–Crippen LogP) is 5.15. The van der Waals surface area contributed by atoms with Crippen LogP contribution in [0.5, 0.6) is 11.6 Å². The van der Waals surface area contributed by atoms with Crippen molar-refractivity contribution in [2.45, 2.75) is 51.7 Å². The SMILES string of the molecule is CC(C)(C)OC(=O)N1CC[C@]2(C1)C[C@H](n1nc(-c3ccc(Oc4ccccc4)nc3)c(C#N)c1N)C2. The van der Waals surface area contributed by atoms with Crippen LogP contribution in [0, 0.1) is 16.7 Å². The summed E-state index contributed by atoms with van der Waals surface area (Å²) in [5, 5.41) is 14.5. The molecule has 3 aromatic rings. The summed E-state index contributed by atoms with van der Waals surface area (Å²) < 4.78 is 13.1. The molecule has 1 aliphatic heterocycles. The van der Waals surface area contributed by atoms with Gasteiger partial charge in [0.25, 0.3) is 0 Å². The molecule has 1 saturated carbocycles. The van der Waals surface area contributed by atoms with Gasteiger partial charge in [0.15, 0.2) is 0 Å². The van der Waals surface area contributed by atoms with Crippen LogP contribution < -0.4 is 10.5 Å². The standard InChI is InChI=1S/C27H30N6O3/c1-26(2,3)36-25(34)32-12-11-27(17-32)13-19(14-27)33-24(29)21(15-28)23(31-33)18-9-10-22(30-16-18)35-20-7-5-4-6-8-20/h4-10,16,19H,11-14,17,29H2,1-3H3/t19-,27-. The minimum atomic E-state index is -0.511. The van der Waals surface area contributed by atoms with Gasteiger partial charge in [0.2, 0.25) is 5.88 Å². The highest BCUT2D eigenvalue weighted by Crippen LogP contribution is 2.54. The third kappa shape index (κ3) is 4.59. The molecule has 0 bridgehead atoms. The maximum Gasteiger partial charge on any atom is 0.410 e. The first-order chi connectivity index (χ1) is 17.2. The molecule has 0 atom stereocenters. The van der Waals surface area contributed by atoms with Gasteiger partial charge in [0.1, 0.15) is 34.5 Å². The Kier molecular flexibility index (Phi) is 5.83. The summed E-state index contributed by atoms with van der Waals surface area (Å²) in [6.45, 7) is 6.99. The van der Waals surface area contributed by atoms with Crippen LogP contribution >= 0.6 is 0 Å². The molecule has 1 saturated heterocycles. The predicted molar refractivity (Wildman–Crippen MR) is 134 cm³/mol. The fourth-order valence-corrected chi connectivity index (χ4v) is 5.09. The Balaban J connectivity index is 1.28. The number of hydrogen-bond acceptors (Lipinski definition) is 7. The van der Waals surface area contributed by atoms with Crippen molar-refractivity contribution < 1.29 is 14.3 Å². The maximum absolute atomic E-state index is 12.5. The molecule has 0 unspecified atom stereocenters. The van der Waals surface area contributed by atoms with E-state index in [0.29, 0.717) is 47.4 Å². The minimum absolute atomic E-state index is 0.0465. The second kappa shape index (κ2) is 8.86. The number of carbonyl (C=O) groups is 1. The van der Waals surface area contributed by atoms with Gasteiger partial charge in [0, 0.05) is 30.9 Å². The number of hydrogen-bond donors (Lipinski definition) is 1. The maximum atomic E-state index is 12.5. The largest absolute Gasteiger partial charge is 0.444 e. The smallest absolute Gasteiger partial charge is 0.410 e. The van der Waals surface area contributed by atoms with E-state index >= 15 is 0 Å². The summed E-state index contributed by atoms with van der Waals surface area (Å²) in [6.07, 6.45) is 4.01. The van der Waals surface area contributed by atoms with Gasteiger partial charge in [-0.15, -0.1) is 0 Å². The second-order valence-electron chi connectivity index (χ2n) is 10.7. The number of nitriles is 1. The molecular formula is C27H30N6O3. The fourth-order valence-electron chi connectivity index (χ4n) is 5.09. The average Bonchev–Trinajstić information content (AvgIpc) is 3.40. The van der Waals surface area contributed by atoms with Crippen molar-refractivity contribution in [2.75, 3.05) is 18.8 Å². The van der Waals surface area contributed by atoms with Crippen molar-refractivity contribution in [1.29, 1.82) is 5.26 Å². The highest BCUT2D eigenvalue weighted by molar-refractivity contribution is 5.72. The van der Waals surface area contributed by atoms with Crippen molar-refractivity contribution >= 4 is 11.9 Å². The van der Waals surface area contributed by atoms with Crippen molar-refractivity contribution in [3.63, 3.8) is 0 Å². The molecule has 0 radical (unpaired) electrons. The Labute approximate surface area is 210 Å². The number of para-hydroxylation sites is 1. The quantitative estimate of drug-likeness (QED) is 0.541. The van der Waals surface area contributed by atoms with E-state index in [1.54, 1.807) is 21.8 Å². The first kappa shape index (κ1) is 23.7. The molecule has 36 heavy (non-hydrogen) atoms. The minimum Gasteiger partial charge on any atom is -0.444 e. The topological polar surface area (TPSA) is 119 Å². The Morgan fingerprint density at radius 2 is 1.94 bits per heavy atom. The molecule has 1 amide bonds. The lowest BCUT2D eigenvalue weighted by atomic mass is 9.65.